The van der Waals surface area contributed by atoms with Crippen molar-refractivity contribution in [2.75, 3.05) is 19.8 Å². The lowest BCUT2D eigenvalue weighted by Gasteiger charge is -2.16. The Labute approximate surface area is 123 Å². The molecule has 0 bridgehead atoms. The van der Waals surface area contributed by atoms with Gasteiger partial charge < -0.3 is 18.9 Å². The Balaban J connectivity index is 2.89. The van der Waals surface area contributed by atoms with Crippen LogP contribution in [0.15, 0.2) is 11.6 Å². The fraction of sp³-hybridized carbons (Fsp3) is 0.643. The van der Waals surface area contributed by atoms with Crippen LogP contribution in [-0.4, -0.2) is 49.4 Å². The first kappa shape index (κ1) is 17.3. The van der Waals surface area contributed by atoms with E-state index in [-0.39, 0.29) is 19.8 Å². The lowest BCUT2D eigenvalue weighted by molar-refractivity contribution is -0.150. The van der Waals surface area contributed by atoms with Crippen LogP contribution in [0.4, 0.5) is 0 Å². The van der Waals surface area contributed by atoms with Gasteiger partial charge in [0.05, 0.1) is 19.8 Å². The lowest BCUT2D eigenvalue weighted by Crippen LogP contribution is -2.27. The molecule has 0 spiro atoms. The number of ether oxygens (including phenoxy) is 4. The molecule has 0 N–H and O–H groups in total. The number of hydrogen-bond donors (Lipinski definition) is 0. The van der Waals surface area contributed by atoms with E-state index in [4.69, 9.17) is 18.9 Å². The molecule has 1 rings (SSSR count). The monoisotopic (exact) mass is 300 g/mol. The largest absolute Gasteiger partial charge is 0.462 e. The van der Waals surface area contributed by atoms with E-state index >= 15 is 0 Å². The maximum atomic E-state index is 12.1. The maximum Gasteiger partial charge on any atom is 0.345 e. The first-order valence-corrected chi connectivity index (χ1v) is 6.72. The number of carbonyl (C=O) groups is 3. The van der Waals surface area contributed by atoms with Crippen molar-refractivity contribution in [2.24, 2.45) is 0 Å². The van der Waals surface area contributed by atoms with Crippen LogP contribution < -0.4 is 0 Å². The second kappa shape index (κ2) is 7.33. The summed E-state index contributed by atoms with van der Waals surface area (Å²) in [7, 11) is 0. The van der Waals surface area contributed by atoms with Gasteiger partial charge in [0.2, 0.25) is 0 Å². The number of ketones is 1. The summed E-state index contributed by atoms with van der Waals surface area (Å²) in [5, 5.41) is 0. The van der Waals surface area contributed by atoms with Crippen LogP contribution in [0.1, 0.15) is 27.7 Å². The average molecular weight is 300 g/mol. The smallest absolute Gasteiger partial charge is 0.345 e. The van der Waals surface area contributed by atoms with Gasteiger partial charge in [0, 0.05) is 6.08 Å². The zero-order chi connectivity index (χ0) is 16.0. The van der Waals surface area contributed by atoms with Crippen molar-refractivity contribution >= 4 is 17.7 Å². The standard InChI is InChI=1S/C14H20O7/c1-5-18-12(16)9(13(17)19-6-2)7-10(15)11-8-20-14(3,4)21-11/h7,11H,5-6,8H2,1-4H3/t11-/m0/s1. The Hall–Kier alpha value is -1.73. The lowest BCUT2D eigenvalue weighted by atomic mass is 10.1. The predicted octanol–water partition coefficient (Wildman–Crippen LogP) is 0.760. The minimum absolute atomic E-state index is 0.0568. The van der Waals surface area contributed by atoms with Gasteiger partial charge in [-0.05, 0) is 27.7 Å². The van der Waals surface area contributed by atoms with Crippen molar-refractivity contribution in [3.8, 4) is 0 Å². The minimum atomic E-state index is -0.900. The normalized spacial score (nSPS) is 19.7. The highest BCUT2D eigenvalue weighted by Crippen LogP contribution is 2.23. The summed E-state index contributed by atoms with van der Waals surface area (Å²) in [6.07, 6.45) is 0.0321. The summed E-state index contributed by atoms with van der Waals surface area (Å²) < 4.78 is 20.1. The van der Waals surface area contributed by atoms with Crippen LogP contribution in [0.2, 0.25) is 0 Å². The summed E-state index contributed by atoms with van der Waals surface area (Å²) >= 11 is 0. The number of rotatable bonds is 6. The molecule has 1 fully saturated rings. The Kier molecular flexibility index (Phi) is 6.04. The summed E-state index contributed by atoms with van der Waals surface area (Å²) in [5.74, 6) is -3.22. The zero-order valence-electron chi connectivity index (χ0n) is 12.6. The van der Waals surface area contributed by atoms with Crippen molar-refractivity contribution in [1.29, 1.82) is 0 Å². The van der Waals surface area contributed by atoms with Gasteiger partial charge in [-0.2, -0.15) is 0 Å². The van der Waals surface area contributed by atoms with Gasteiger partial charge in [0.25, 0.3) is 0 Å². The van der Waals surface area contributed by atoms with Crippen molar-refractivity contribution in [3.05, 3.63) is 11.6 Å². The third-order valence-electron chi connectivity index (χ3n) is 2.60. The Morgan fingerprint density at radius 2 is 1.67 bits per heavy atom. The van der Waals surface area contributed by atoms with E-state index in [2.05, 4.69) is 0 Å². The van der Waals surface area contributed by atoms with Crippen LogP contribution >= 0.6 is 0 Å². The van der Waals surface area contributed by atoms with Crippen LogP contribution in [-0.2, 0) is 33.3 Å². The molecule has 1 heterocycles. The molecule has 1 atom stereocenters. The van der Waals surface area contributed by atoms with Crippen LogP contribution in [0.25, 0.3) is 0 Å². The van der Waals surface area contributed by atoms with Crippen LogP contribution in [0, 0.1) is 0 Å². The fourth-order valence-corrected chi connectivity index (χ4v) is 1.68. The van der Waals surface area contributed by atoms with Gasteiger partial charge in [-0.25, -0.2) is 9.59 Å². The predicted molar refractivity (Wildman–Crippen MR) is 71.3 cm³/mol. The fourth-order valence-electron chi connectivity index (χ4n) is 1.68. The van der Waals surface area contributed by atoms with Crippen molar-refractivity contribution in [1.82, 2.24) is 0 Å². The first-order chi connectivity index (χ1) is 9.80. The highest BCUT2D eigenvalue weighted by Gasteiger charge is 2.37. The van der Waals surface area contributed by atoms with Crippen molar-refractivity contribution in [3.63, 3.8) is 0 Å². The van der Waals surface area contributed by atoms with E-state index < -0.39 is 35.2 Å². The van der Waals surface area contributed by atoms with E-state index in [1.54, 1.807) is 27.7 Å². The Morgan fingerprint density at radius 1 is 1.14 bits per heavy atom. The number of esters is 2. The third-order valence-corrected chi connectivity index (χ3v) is 2.60. The van der Waals surface area contributed by atoms with E-state index in [0.717, 1.165) is 6.08 Å². The molecule has 0 amide bonds. The molecule has 0 aromatic heterocycles. The molecule has 1 saturated heterocycles. The van der Waals surface area contributed by atoms with Crippen molar-refractivity contribution in [2.45, 2.75) is 39.6 Å². The molecular weight excluding hydrogens is 280 g/mol. The minimum Gasteiger partial charge on any atom is -0.462 e. The molecule has 7 heteroatoms. The molecule has 1 aliphatic rings. The number of hydrogen-bond acceptors (Lipinski definition) is 7. The Bertz CT molecular complexity index is 430. The van der Waals surface area contributed by atoms with Crippen LogP contribution in [0.5, 0.6) is 0 Å². The van der Waals surface area contributed by atoms with Crippen LogP contribution in [0.3, 0.4) is 0 Å². The molecular formula is C14H20O7. The second-order valence-corrected chi connectivity index (χ2v) is 4.72. The average Bonchev–Trinajstić information content (AvgIpc) is 2.76. The molecule has 0 saturated carbocycles. The molecule has 0 aromatic rings. The Morgan fingerprint density at radius 3 is 2.05 bits per heavy atom. The molecule has 0 unspecified atom stereocenters. The molecule has 1 aliphatic heterocycles. The van der Waals surface area contributed by atoms with Gasteiger partial charge in [0.15, 0.2) is 11.6 Å². The maximum absolute atomic E-state index is 12.1. The third kappa shape index (κ3) is 4.95. The van der Waals surface area contributed by atoms with Gasteiger partial charge in [0.1, 0.15) is 11.7 Å². The summed E-state index contributed by atoms with van der Waals surface area (Å²) in [6.45, 7) is 6.75. The summed E-state index contributed by atoms with van der Waals surface area (Å²) in [5.41, 5.74) is -0.447. The quantitative estimate of drug-likeness (QED) is 0.310. The van der Waals surface area contributed by atoms with E-state index in [1.807, 2.05) is 0 Å². The van der Waals surface area contributed by atoms with Gasteiger partial charge >= 0.3 is 11.9 Å². The van der Waals surface area contributed by atoms with E-state index in [0.29, 0.717) is 0 Å². The highest BCUT2D eigenvalue weighted by molar-refractivity contribution is 6.18. The second-order valence-electron chi connectivity index (χ2n) is 4.72. The highest BCUT2D eigenvalue weighted by atomic mass is 16.7. The van der Waals surface area contributed by atoms with Gasteiger partial charge in [-0.1, -0.05) is 0 Å². The van der Waals surface area contributed by atoms with E-state index in [1.165, 1.54) is 0 Å². The molecule has 0 aliphatic carbocycles. The van der Waals surface area contributed by atoms with Crippen molar-refractivity contribution < 1.29 is 33.3 Å². The topological polar surface area (TPSA) is 88.1 Å². The molecule has 7 nitrogen and oxygen atoms in total. The molecule has 21 heavy (non-hydrogen) atoms. The van der Waals surface area contributed by atoms with Gasteiger partial charge in [-0.15, -0.1) is 0 Å². The molecule has 0 aromatic carbocycles. The zero-order valence-corrected chi connectivity index (χ0v) is 12.6. The summed E-state index contributed by atoms with van der Waals surface area (Å²) in [4.78, 5) is 35.5. The summed E-state index contributed by atoms with van der Waals surface area (Å²) in [6, 6.07) is 0. The van der Waals surface area contributed by atoms with E-state index in [9.17, 15) is 14.4 Å². The number of carbonyl (C=O) groups excluding carboxylic acids is 3. The van der Waals surface area contributed by atoms with Gasteiger partial charge in [-0.3, -0.25) is 4.79 Å². The SMILES string of the molecule is CCOC(=O)C(=CC(=O)[C@@H]1COC(C)(C)O1)C(=O)OCC. The molecule has 0 radical (unpaired) electrons. The first-order valence-electron chi connectivity index (χ1n) is 6.72. The molecule has 118 valence electrons.